The van der Waals surface area contributed by atoms with Crippen molar-refractivity contribution in [3.05, 3.63) is 18.2 Å². The number of nitrogens with one attached hydrogen (secondary N) is 2. The number of carbonyl (C=O) groups is 3. The Hall–Kier alpha value is -2.77. The summed E-state index contributed by atoms with van der Waals surface area (Å²) in [5.41, 5.74) is 2.78. The van der Waals surface area contributed by atoms with Crippen LogP contribution < -0.4 is 20.2 Å². The number of rotatable bonds is 5. The molecule has 1 aromatic rings. The highest BCUT2D eigenvalue weighted by molar-refractivity contribution is 6.09. The topological polar surface area (TPSA) is 97.0 Å². The van der Waals surface area contributed by atoms with Crippen LogP contribution in [0.5, 0.6) is 11.5 Å². The molecule has 1 atom stereocenters. The number of hydrogen-bond donors (Lipinski definition) is 2. The van der Waals surface area contributed by atoms with E-state index in [1.807, 2.05) is 0 Å². The highest BCUT2D eigenvalue weighted by Gasteiger charge is 2.38. The van der Waals surface area contributed by atoms with Crippen molar-refractivity contribution >= 4 is 23.4 Å². The zero-order valence-electron chi connectivity index (χ0n) is 12.5. The quantitative estimate of drug-likeness (QED) is 0.755. The average molecular weight is 307 g/mol. The van der Waals surface area contributed by atoms with Crippen LogP contribution in [0.15, 0.2) is 18.2 Å². The Morgan fingerprint density at radius 2 is 2.05 bits per heavy atom. The van der Waals surface area contributed by atoms with Crippen LogP contribution in [0.2, 0.25) is 0 Å². The van der Waals surface area contributed by atoms with Gasteiger partial charge in [-0.05, 0) is 12.1 Å². The Morgan fingerprint density at radius 1 is 1.32 bits per heavy atom. The maximum absolute atomic E-state index is 12.0. The predicted molar refractivity (Wildman–Crippen MR) is 77.2 cm³/mol. The van der Waals surface area contributed by atoms with E-state index in [-0.39, 0.29) is 6.42 Å². The lowest BCUT2D eigenvalue weighted by Crippen LogP contribution is -2.31. The van der Waals surface area contributed by atoms with E-state index in [1.54, 1.807) is 18.2 Å². The Bertz CT molecular complexity index is 616. The van der Waals surface area contributed by atoms with E-state index < -0.39 is 23.6 Å². The molecule has 22 heavy (non-hydrogen) atoms. The molecule has 118 valence electrons. The number of hydrazine groups is 1. The summed E-state index contributed by atoms with van der Waals surface area (Å²) in [5.74, 6) is -1.36. The van der Waals surface area contributed by atoms with Gasteiger partial charge in [0.15, 0.2) is 0 Å². The van der Waals surface area contributed by atoms with Gasteiger partial charge >= 0.3 is 0 Å². The highest BCUT2D eigenvalue weighted by Crippen LogP contribution is 2.29. The van der Waals surface area contributed by atoms with Gasteiger partial charge in [-0.15, -0.1) is 0 Å². The van der Waals surface area contributed by atoms with Gasteiger partial charge in [0.25, 0.3) is 11.8 Å². The minimum absolute atomic E-state index is 0.232. The van der Waals surface area contributed by atoms with Crippen molar-refractivity contribution in [2.45, 2.75) is 6.42 Å². The standard InChI is InChI=1S/C14H17N3O5/c1-17-14(20)9(13(19)16-17)7-12(18)15-10-5-4-8(21-2)6-11(10)22-3/h4-6,9H,7H2,1-3H3,(H,15,18)(H,16,19). The van der Waals surface area contributed by atoms with Gasteiger partial charge in [0.05, 0.1) is 19.9 Å². The normalized spacial score (nSPS) is 17.2. The molecule has 0 bridgehead atoms. The van der Waals surface area contributed by atoms with Gasteiger partial charge < -0.3 is 14.8 Å². The van der Waals surface area contributed by atoms with Crippen molar-refractivity contribution < 1.29 is 23.9 Å². The first-order chi connectivity index (χ1) is 10.5. The molecule has 1 saturated heterocycles. The van der Waals surface area contributed by atoms with Crippen LogP contribution in [-0.2, 0) is 14.4 Å². The summed E-state index contributed by atoms with van der Waals surface area (Å²) < 4.78 is 10.2. The summed E-state index contributed by atoms with van der Waals surface area (Å²) in [6.45, 7) is 0. The lowest BCUT2D eigenvalue weighted by molar-refractivity contribution is -0.134. The van der Waals surface area contributed by atoms with E-state index in [4.69, 9.17) is 9.47 Å². The number of nitrogens with zero attached hydrogens (tertiary/aromatic N) is 1. The minimum Gasteiger partial charge on any atom is -0.497 e. The maximum atomic E-state index is 12.0. The first-order valence-corrected chi connectivity index (χ1v) is 6.56. The molecule has 2 rings (SSSR count). The van der Waals surface area contributed by atoms with Crippen LogP contribution in [0, 0.1) is 5.92 Å². The van der Waals surface area contributed by atoms with Crippen molar-refractivity contribution in [2.75, 3.05) is 26.6 Å². The molecule has 0 radical (unpaired) electrons. The van der Waals surface area contributed by atoms with Gasteiger partial charge in [0.2, 0.25) is 5.91 Å². The predicted octanol–water partition coefficient (Wildman–Crippen LogP) is 0.152. The van der Waals surface area contributed by atoms with Crippen molar-refractivity contribution in [3.63, 3.8) is 0 Å². The van der Waals surface area contributed by atoms with E-state index in [2.05, 4.69) is 10.7 Å². The second kappa shape index (κ2) is 6.33. The summed E-state index contributed by atoms with van der Waals surface area (Å²) in [6, 6.07) is 4.91. The molecular weight excluding hydrogens is 290 g/mol. The van der Waals surface area contributed by atoms with Crippen LogP contribution in [-0.4, -0.2) is 44.0 Å². The lowest BCUT2D eigenvalue weighted by atomic mass is 10.0. The molecule has 1 aliphatic rings. The van der Waals surface area contributed by atoms with Gasteiger partial charge in [-0.3, -0.25) is 24.8 Å². The van der Waals surface area contributed by atoms with Crippen molar-refractivity contribution in [2.24, 2.45) is 5.92 Å². The van der Waals surface area contributed by atoms with Crippen LogP contribution in [0.25, 0.3) is 0 Å². The van der Waals surface area contributed by atoms with Crippen LogP contribution in [0.3, 0.4) is 0 Å². The monoisotopic (exact) mass is 307 g/mol. The molecule has 1 heterocycles. The second-order valence-corrected chi connectivity index (χ2v) is 4.74. The minimum atomic E-state index is -1.01. The number of hydrogen-bond acceptors (Lipinski definition) is 5. The first kappa shape index (κ1) is 15.6. The number of anilines is 1. The van der Waals surface area contributed by atoms with Gasteiger partial charge in [0.1, 0.15) is 17.4 Å². The fraction of sp³-hybridized carbons (Fsp3) is 0.357. The van der Waals surface area contributed by atoms with E-state index in [0.717, 1.165) is 5.01 Å². The number of benzene rings is 1. The first-order valence-electron chi connectivity index (χ1n) is 6.56. The van der Waals surface area contributed by atoms with E-state index >= 15 is 0 Å². The van der Waals surface area contributed by atoms with Crippen molar-refractivity contribution in [3.8, 4) is 11.5 Å². The lowest BCUT2D eigenvalue weighted by Gasteiger charge is -2.12. The van der Waals surface area contributed by atoms with E-state index in [9.17, 15) is 14.4 Å². The number of carbonyl (C=O) groups excluding carboxylic acids is 3. The molecule has 0 aliphatic carbocycles. The summed E-state index contributed by atoms with van der Waals surface area (Å²) in [7, 11) is 4.42. The molecule has 3 amide bonds. The Balaban J connectivity index is 2.06. The van der Waals surface area contributed by atoms with Crippen LogP contribution in [0.4, 0.5) is 5.69 Å². The van der Waals surface area contributed by atoms with Gasteiger partial charge in [-0.2, -0.15) is 0 Å². The molecule has 0 saturated carbocycles. The molecule has 0 spiro atoms. The smallest absolute Gasteiger partial charge is 0.253 e. The Labute approximate surface area is 127 Å². The van der Waals surface area contributed by atoms with Crippen molar-refractivity contribution in [1.29, 1.82) is 0 Å². The molecule has 1 unspecified atom stereocenters. The van der Waals surface area contributed by atoms with Crippen molar-refractivity contribution in [1.82, 2.24) is 10.4 Å². The van der Waals surface area contributed by atoms with E-state index in [0.29, 0.717) is 17.2 Å². The number of ether oxygens (including phenoxy) is 2. The molecule has 1 aromatic carbocycles. The molecule has 1 aliphatic heterocycles. The SMILES string of the molecule is COc1ccc(NC(=O)CC2C(=O)NN(C)C2=O)c(OC)c1. The fourth-order valence-electron chi connectivity index (χ4n) is 2.11. The van der Waals surface area contributed by atoms with E-state index in [1.165, 1.54) is 21.3 Å². The third-order valence-corrected chi connectivity index (χ3v) is 3.30. The molecule has 2 N–H and O–H groups in total. The summed E-state index contributed by atoms with van der Waals surface area (Å²) in [5, 5.41) is 3.70. The zero-order chi connectivity index (χ0) is 16.3. The van der Waals surface area contributed by atoms with Gasteiger partial charge in [-0.1, -0.05) is 0 Å². The molecule has 8 nitrogen and oxygen atoms in total. The summed E-state index contributed by atoms with van der Waals surface area (Å²) >= 11 is 0. The molecule has 1 fully saturated rings. The molecular formula is C14H17N3O5. The molecule has 0 aromatic heterocycles. The second-order valence-electron chi connectivity index (χ2n) is 4.74. The van der Waals surface area contributed by atoms with Gasteiger partial charge in [0, 0.05) is 19.5 Å². The number of amides is 3. The van der Waals surface area contributed by atoms with Crippen LogP contribution in [0.1, 0.15) is 6.42 Å². The fourth-order valence-corrected chi connectivity index (χ4v) is 2.11. The summed E-state index contributed by atoms with van der Waals surface area (Å²) in [6.07, 6.45) is -0.232. The maximum Gasteiger partial charge on any atom is 0.253 e. The third-order valence-electron chi connectivity index (χ3n) is 3.30. The Morgan fingerprint density at radius 3 is 2.59 bits per heavy atom. The zero-order valence-corrected chi connectivity index (χ0v) is 12.5. The Kier molecular flexibility index (Phi) is 4.50. The summed E-state index contributed by atoms with van der Waals surface area (Å²) in [4.78, 5) is 35.4. The molecule has 8 heteroatoms. The van der Waals surface area contributed by atoms with Gasteiger partial charge in [-0.25, -0.2) is 0 Å². The number of methoxy groups -OCH3 is 2. The van der Waals surface area contributed by atoms with Crippen LogP contribution >= 0.6 is 0 Å². The average Bonchev–Trinajstić information content (AvgIpc) is 2.74. The highest BCUT2D eigenvalue weighted by atomic mass is 16.5. The largest absolute Gasteiger partial charge is 0.497 e. The third kappa shape index (κ3) is 3.11.